The fraction of sp³-hybridized carbons (Fsp3) is 0.0588. The zero-order valence-electron chi connectivity index (χ0n) is 11.2. The van der Waals surface area contributed by atoms with Crippen molar-refractivity contribution in [1.82, 2.24) is 4.98 Å². The lowest BCUT2D eigenvalue weighted by atomic mass is 10.1. The summed E-state index contributed by atoms with van der Waals surface area (Å²) in [6, 6.07) is 10.9. The number of pyridine rings is 1. The van der Waals surface area contributed by atoms with Gasteiger partial charge in [0.25, 0.3) is 0 Å². The molecule has 0 fully saturated rings. The largest absolute Gasteiger partial charge is 0.455 e. The second-order valence-electron chi connectivity index (χ2n) is 5.05. The van der Waals surface area contributed by atoms with E-state index >= 15 is 0 Å². The number of hydrogen-bond acceptors (Lipinski definition) is 3. The summed E-state index contributed by atoms with van der Waals surface area (Å²) in [4.78, 5) is 16.9. The third-order valence-corrected chi connectivity index (χ3v) is 4.09. The van der Waals surface area contributed by atoms with Gasteiger partial charge in [-0.25, -0.2) is 0 Å². The van der Waals surface area contributed by atoms with Crippen molar-refractivity contribution in [2.45, 2.75) is 6.92 Å². The van der Waals surface area contributed by atoms with Gasteiger partial charge in [0, 0.05) is 16.6 Å². The van der Waals surface area contributed by atoms with Crippen molar-refractivity contribution in [1.29, 1.82) is 0 Å². The molecule has 4 aromatic rings. The van der Waals surface area contributed by atoms with E-state index in [1.54, 1.807) is 24.4 Å². The molecule has 0 unspecified atom stereocenters. The maximum absolute atomic E-state index is 12.6. The molecule has 0 aliphatic heterocycles. The van der Waals surface area contributed by atoms with Crippen LogP contribution in [0.4, 0.5) is 0 Å². The molecule has 4 heteroatoms. The lowest BCUT2D eigenvalue weighted by molar-refractivity contribution is 0.663. The van der Waals surface area contributed by atoms with Gasteiger partial charge >= 0.3 is 0 Å². The first kappa shape index (κ1) is 12.4. The van der Waals surface area contributed by atoms with Gasteiger partial charge in [-0.05, 0) is 36.8 Å². The van der Waals surface area contributed by atoms with Crippen molar-refractivity contribution in [3.63, 3.8) is 0 Å². The molecule has 3 nitrogen and oxygen atoms in total. The Morgan fingerprint density at radius 1 is 1.10 bits per heavy atom. The third-order valence-electron chi connectivity index (χ3n) is 3.69. The number of aromatic nitrogens is 1. The highest BCUT2D eigenvalue weighted by Crippen LogP contribution is 2.28. The number of hydrogen-bond donors (Lipinski definition) is 0. The monoisotopic (exact) mass is 295 g/mol. The molecule has 0 saturated heterocycles. The van der Waals surface area contributed by atoms with Crippen LogP contribution in [0.2, 0.25) is 5.02 Å². The highest BCUT2D eigenvalue weighted by Gasteiger charge is 2.12. The van der Waals surface area contributed by atoms with Crippen LogP contribution in [0.1, 0.15) is 5.56 Å². The van der Waals surface area contributed by atoms with Crippen LogP contribution in [0.3, 0.4) is 0 Å². The fourth-order valence-corrected chi connectivity index (χ4v) is 2.73. The maximum atomic E-state index is 12.6. The highest BCUT2D eigenvalue weighted by molar-refractivity contribution is 6.32. The summed E-state index contributed by atoms with van der Waals surface area (Å²) in [5, 5.41) is 2.51. The molecule has 0 spiro atoms. The molecule has 0 bridgehead atoms. The van der Waals surface area contributed by atoms with Gasteiger partial charge in [-0.1, -0.05) is 23.7 Å². The third kappa shape index (κ3) is 1.74. The van der Waals surface area contributed by atoms with Crippen molar-refractivity contribution in [2.24, 2.45) is 0 Å². The molecule has 2 heterocycles. The number of aryl methyl sites for hydroxylation is 1. The Balaban J connectivity index is 2.30. The molecule has 0 atom stereocenters. The highest BCUT2D eigenvalue weighted by atomic mass is 35.5. The Morgan fingerprint density at radius 2 is 1.90 bits per heavy atom. The molecular formula is C17H10ClNO2. The Morgan fingerprint density at radius 3 is 2.76 bits per heavy atom. The lowest BCUT2D eigenvalue weighted by Crippen LogP contribution is -2.02. The molecule has 0 N–H and O–H groups in total. The van der Waals surface area contributed by atoms with E-state index in [0.29, 0.717) is 27.0 Å². The molecule has 21 heavy (non-hydrogen) atoms. The summed E-state index contributed by atoms with van der Waals surface area (Å²) in [7, 11) is 0. The molecule has 0 aliphatic carbocycles. The molecular weight excluding hydrogens is 286 g/mol. The minimum atomic E-state index is -0.0612. The smallest absolute Gasteiger partial charge is 0.202 e. The van der Waals surface area contributed by atoms with Crippen LogP contribution in [0.25, 0.3) is 32.8 Å². The van der Waals surface area contributed by atoms with Crippen molar-refractivity contribution >= 4 is 44.4 Å². The van der Waals surface area contributed by atoms with Crippen molar-refractivity contribution < 1.29 is 4.42 Å². The quantitative estimate of drug-likeness (QED) is 0.355. The van der Waals surface area contributed by atoms with E-state index in [9.17, 15) is 4.79 Å². The summed E-state index contributed by atoms with van der Waals surface area (Å²) in [6.45, 7) is 1.92. The zero-order valence-corrected chi connectivity index (χ0v) is 11.9. The van der Waals surface area contributed by atoms with Crippen LogP contribution in [0, 0.1) is 6.92 Å². The van der Waals surface area contributed by atoms with E-state index in [4.69, 9.17) is 16.0 Å². The summed E-state index contributed by atoms with van der Waals surface area (Å²) < 4.78 is 5.95. The van der Waals surface area contributed by atoms with Crippen molar-refractivity contribution in [3.05, 3.63) is 63.4 Å². The maximum Gasteiger partial charge on any atom is 0.202 e. The molecule has 102 valence electrons. The molecule has 0 amide bonds. The summed E-state index contributed by atoms with van der Waals surface area (Å²) in [5.41, 5.74) is 2.72. The van der Waals surface area contributed by atoms with Gasteiger partial charge < -0.3 is 4.42 Å². The lowest BCUT2D eigenvalue weighted by Gasteiger charge is -2.06. The van der Waals surface area contributed by atoms with Gasteiger partial charge in [-0.15, -0.1) is 0 Å². The van der Waals surface area contributed by atoms with E-state index in [1.165, 1.54) is 0 Å². The van der Waals surface area contributed by atoms with Gasteiger partial charge in [0.05, 0.1) is 16.3 Å². The first-order valence-corrected chi connectivity index (χ1v) is 6.93. The van der Waals surface area contributed by atoms with Crippen LogP contribution in [0.15, 0.2) is 51.8 Å². The summed E-state index contributed by atoms with van der Waals surface area (Å²) in [5.74, 6) is 0. The first-order chi connectivity index (χ1) is 10.1. The van der Waals surface area contributed by atoms with E-state index in [-0.39, 0.29) is 5.43 Å². The molecule has 2 aromatic heterocycles. The summed E-state index contributed by atoms with van der Waals surface area (Å²) in [6.07, 6.45) is 1.56. The Bertz CT molecular complexity index is 1080. The molecule has 0 saturated carbocycles. The number of para-hydroxylation sites is 1. The van der Waals surface area contributed by atoms with Crippen LogP contribution in [0.5, 0.6) is 0 Å². The van der Waals surface area contributed by atoms with E-state index in [1.807, 2.05) is 25.1 Å². The Kier molecular flexibility index (Phi) is 2.53. The topological polar surface area (TPSA) is 43.1 Å². The van der Waals surface area contributed by atoms with Gasteiger partial charge in [0.2, 0.25) is 5.43 Å². The average Bonchev–Trinajstić information content (AvgIpc) is 2.49. The predicted molar refractivity (Wildman–Crippen MR) is 85.0 cm³/mol. The standard InChI is InChI=1S/C17H10ClNO2/c1-9-6-11-14(7-13(9)18)19-8-12-16(20)10-4-2-3-5-15(10)21-17(11)12/h2-8H,1H3. The van der Waals surface area contributed by atoms with Crippen molar-refractivity contribution in [2.75, 3.05) is 0 Å². The molecule has 2 aromatic carbocycles. The number of benzene rings is 2. The minimum absolute atomic E-state index is 0.0612. The van der Waals surface area contributed by atoms with E-state index in [0.717, 1.165) is 16.5 Å². The fourth-order valence-electron chi connectivity index (χ4n) is 2.57. The molecule has 0 aliphatic rings. The Hall–Kier alpha value is -2.39. The van der Waals surface area contributed by atoms with Gasteiger partial charge in [0.15, 0.2) is 0 Å². The second kappa shape index (κ2) is 4.30. The van der Waals surface area contributed by atoms with E-state index < -0.39 is 0 Å². The van der Waals surface area contributed by atoms with Crippen LogP contribution < -0.4 is 5.43 Å². The predicted octanol–water partition coefficient (Wildman–Crippen LogP) is 4.46. The van der Waals surface area contributed by atoms with Gasteiger partial charge in [0.1, 0.15) is 11.2 Å². The van der Waals surface area contributed by atoms with Crippen LogP contribution in [-0.2, 0) is 0 Å². The first-order valence-electron chi connectivity index (χ1n) is 6.55. The van der Waals surface area contributed by atoms with Gasteiger partial charge in [-0.3, -0.25) is 9.78 Å². The van der Waals surface area contributed by atoms with E-state index in [2.05, 4.69) is 4.98 Å². The minimum Gasteiger partial charge on any atom is -0.455 e. The SMILES string of the molecule is Cc1cc2c(cc1Cl)ncc1c(=O)c3ccccc3oc12. The zero-order chi connectivity index (χ0) is 14.6. The Labute approximate surface area is 124 Å². The average molecular weight is 296 g/mol. The normalized spacial score (nSPS) is 11.5. The second-order valence-corrected chi connectivity index (χ2v) is 5.45. The van der Waals surface area contributed by atoms with Crippen LogP contribution >= 0.6 is 11.6 Å². The number of nitrogens with zero attached hydrogens (tertiary/aromatic N) is 1. The van der Waals surface area contributed by atoms with Crippen LogP contribution in [-0.4, -0.2) is 4.98 Å². The number of fused-ring (bicyclic) bond motifs is 4. The summed E-state index contributed by atoms with van der Waals surface area (Å²) >= 11 is 6.13. The molecule has 0 radical (unpaired) electrons. The van der Waals surface area contributed by atoms with Gasteiger partial charge in [-0.2, -0.15) is 0 Å². The number of halogens is 1. The van der Waals surface area contributed by atoms with Crippen molar-refractivity contribution in [3.8, 4) is 0 Å². The number of rotatable bonds is 0. The molecule has 4 rings (SSSR count).